The highest BCUT2D eigenvalue weighted by atomic mass is 16.2. The highest BCUT2D eigenvalue weighted by Crippen LogP contribution is 2.25. The maximum Gasteiger partial charge on any atom is 0.270 e. The molecule has 0 bridgehead atoms. The molecule has 1 heterocycles. The number of aromatic nitrogens is 2. The van der Waals surface area contributed by atoms with Gasteiger partial charge in [0.1, 0.15) is 5.69 Å². The van der Waals surface area contributed by atoms with E-state index in [0.29, 0.717) is 11.7 Å². The second kappa shape index (κ2) is 6.45. The fourth-order valence-electron chi connectivity index (χ4n) is 3.03. The van der Waals surface area contributed by atoms with E-state index in [1.54, 1.807) is 4.68 Å². The van der Waals surface area contributed by atoms with Gasteiger partial charge in [0.15, 0.2) is 0 Å². The van der Waals surface area contributed by atoms with E-state index < -0.39 is 0 Å². The number of hydrogen-bond donors (Lipinski definition) is 1. The van der Waals surface area contributed by atoms with Crippen molar-refractivity contribution < 1.29 is 4.79 Å². The van der Waals surface area contributed by atoms with Crippen LogP contribution >= 0.6 is 0 Å². The zero-order chi connectivity index (χ0) is 18.3. The van der Waals surface area contributed by atoms with Gasteiger partial charge in [-0.2, -0.15) is 5.10 Å². The van der Waals surface area contributed by atoms with E-state index in [0.717, 1.165) is 35.3 Å². The van der Waals surface area contributed by atoms with Crippen molar-refractivity contribution in [1.29, 1.82) is 0 Å². The van der Waals surface area contributed by atoms with Crippen LogP contribution in [0.2, 0.25) is 0 Å². The number of carbonyl (C=O) groups excluding carboxylic acids is 1. The lowest BCUT2D eigenvalue weighted by molar-refractivity contribution is 0.0943. The molecule has 4 nitrogen and oxygen atoms in total. The van der Waals surface area contributed by atoms with Crippen molar-refractivity contribution in [2.24, 2.45) is 0 Å². The summed E-state index contributed by atoms with van der Waals surface area (Å²) >= 11 is 0. The molecule has 26 heavy (non-hydrogen) atoms. The van der Waals surface area contributed by atoms with Crippen LogP contribution in [0.5, 0.6) is 0 Å². The van der Waals surface area contributed by atoms with Crippen LogP contribution in [0.1, 0.15) is 40.0 Å². The molecule has 132 valence electrons. The van der Waals surface area contributed by atoms with E-state index in [1.807, 2.05) is 37.3 Å². The smallest absolute Gasteiger partial charge is 0.270 e. The largest absolute Gasteiger partial charge is 0.348 e. The van der Waals surface area contributed by atoms with Crippen LogP contribution in [0.3, 0.4) is 0 Å². The Hall–Kier alpha value is -2.88. The first-order valence-corrected chi connectivity index (χ1v) is 9.07. The molecule has 0 unspecified atom stereocenters. The number of aryl methyl sites for hydroxylation is 3. The number of benzene rings is 2. The summed E-state index contributed by atoms with van der Waals surface area (Å²) in [5.74, 6) is -0.0587. The number of carbonyl (C=O) groups is 1. The van der Waals surface area contributed by atoms with E-state index in [9.17, 15) is 4.79 Å². The van der Waals surface area contributed by atoms with Crippen molar-refractivity contribution in [3.05, 3.63) is 70.9 Å². The number of nitrogens with zero attached hydrogens (tertiary/aromatic N) is 2. The number of amides is 1. The van der Waals surface area contributed by atoms with Crippen molar-refractivity contribution in [1.82, 2.24) is 15.1 Å². The first-order valence-electron chi connectivity index (χ1n) is 9.07. The van der Waals surface area contributed by atoms with Crippen molar-refractivity contribution >= 4 is 5.91 Å². The molecule has 0 radical (unpaired) electrons. The van der Waals surface area contributed by atoms with Crippen LogP contribution in [0, 0.1) is 20.8 Å². The van der Waals surface area contributed by atoms with Gasteiger partial charge in [-0.05, 0) is 74.6 Å². The average molecular weight is 345 g/mol. The van der Waals surface area contributed by atoms with Gasteiger partial charge in [-0.1, -0.05) is 24.3 Å². The fraction of sp³-hybridized carbons (Fsp3) is 0.273. The van der Waals surface area contributed by atoms with E-state index in [1.165, 1.54) is 11.1 Å². The normalized spacial score (nSPS) is 13.7. The van der Waals surface area contributed by atoms with Gasteiger partial charge in [0, 0.05) is 11.6 Å². The molecule has 0 aliphatic heterocycles. The quantitative estimate of drug-likeness (QED) is 0.764. The molecular formula is C22H23N3O. The summed E-state index contributed by atoms with van der Waals surface area (Å²) < 4.78 is 1.76. The van der Waals surface area contributed by atoms with E-state index in [-0.39, 0.29) is 5.91 Å². The minimum atomic E-state index is -0.0587. The SMILES string of the molecule is Cc1cccc(-n2nc(-c3ccc(C)c(C)c3)cc2C(=O)NC2CC2)c1. The van der Waals surface area contributed by atoms with Crippen molar-refractivity contribution in [3.63, 3.8) is 0 Å². The molecule has 1 saturated carbocycles. The van der Waals surface area contributed by atoms with Gasteiger partial charge in [0.05, 0.1) is 11.4 Å². The Morgan fingerprint density at radius 1 is 1.04 bits per heavy atom. The van der Waals surface area contributed by atoms with Gasteiger partial charge in [-0.3, -0.25) is 4.79 Å². The number of nitrogens with one attached hydrogen (secondary N) is 1. The van der Waals surface area contributed by atoms with Crippen molar-refractivity contribution in [2.45, 2.75) is 39.7 Å². The summed E-state index contributed by atoms with van der Waals surface area (Å²) in [5.41, 5.74) is 6.93. The van der Waals surface area contributed by atoms with Crippen LogP contribution in [0.4, 0.5) is 0 Å². The minimum Gasteiger partial charge on any atom is -0.348 e. The molecule has 1 aliphatic rings. The third-order valence-electron chi connectivity index (χ3n) is 4.90. The Morgan fingerprint density at radius 2 is 1.85 bits per heavy atom. The summed E-state index contributed by atoms with van der Waals surface area (Å²) in [6.07, 6.45) is 2.13. The molecule has 2 aromatic carbocycles. The molecule has 1 fully saturated rings. The molecular weight excluding hydrogens is 322 g/mol. The lowest BCUT2D eigenvalue weighted by atomic mass is 10.0. The van der Waals surface area contributed by atoms with Gasteiger partial charge in [0.25, 0.3) is 5.91 Å². The molecule has 1 aromatic heterocycles. The van der Waals surface area contributed by atoms with E-state index in [2.05, 4.69) is 37.4 Å². The Balaban J connectivity index is 1.81. The first kappa shape index (κ1) is 16.6. The number of rotatable bonds is 4. The fourth-order valence-corrected chi connectivity index (χ4v) is 3.03. The van der Waals surface area contributed by atoms with Gasteiger partial charge >= 0.3 is 0 Å². The second-order valence-electron chi connectivity index (χ2n) is 7.21. The maximum atomic E-state index is 12.8. The standard InChI is InChI=1S/C22H23N3O/c1-14-5-4-6-19(11-14)25-21(22(26)23-18-9-10-18)13-20(24-25)17-8-7-15(2)16(3)12-17/h4-8,11-13,18H,9-10H2,1-3H3,(H,23,26). The van der Waals surface area contributed by atoms with Crippen LogP contribution in [0.15, 0.2) is 48.5 Å². The van der Waals surface area contributed by atoms with Crippen LogP contribution in [0.25, 0.3) is 16.9 Å². The highest BCUT2D eigenvalue weighted by Gasteiger charge is 2.26. The molecule has 0 atom stereocenters. The predicted octanol–water partition coefficient (Wildman–Crippen LogP) is 4.36. The summed E-state index contributed by atoms with van der Waals surface area (Å²) in [6.45, 7) is 6.23. The van der Waals surface area contributed by atoms with Gasteiger partial charge < -0.3 is 5.32 Å². The van der Waals surface area contributed by atoms with Crippen LogP contribution in [-0.4, -0.2) is 21.7 Å². The maximum absolute atomic E-state index is 12.8. The molecule has 1 aliphatic carbocycles. The van der Waals surface area contributed by atoms with Crippen molar-refractivity contribution in [3.8, 4) is 16.9 Å². The number of hydrogen-bond acceptors (Lipinski definition) is 2. The Kier molecular flexibility index (Phi) is 4.11. The molecule has 0 saturated heterocycles. The first-order chi connectivity index (χ1) is 12.5. The molecule has 0 spiro atoms. The predicted molar refractivity (Wildman–Crippen MR) is 104 cm³/mol. The van der Waals surface area contributed by atoms with Crippen molar-refractivity contribution in [2.75, 3.05) is 0 Å². The minimum absolute atomic E-state index is 0.0587. The third-order valence-corrected chi connectivity index (χ3v) is 4.90. The second-order valence-corrected chi connectivity index (χ2v) is 7.21. The molecule has 3 aromatic rings. The Morgan fingerprint density at radius 3 is 2.54 bits per heavy atom. The van der Waals surface area contributed by atoms with Crippen LogP contribution < -0.4 is 5.32 Å². The monoisotopic (exact) mass is 345 g/mol. The van der Waals surface area contributed by atoms with Gasteiger partial charge in [-0.25, -0.2) is 4.68 Å². The third kappa shape index (κ3) is 3.27. The topological polar surface area (TPSA) is 46.9 Å². The molecule has 1 N–H and O–H groups in total. The summed E-state index contributed by atoms with van der Waals surface area (Å²) in [7, 11) is 0. The van der Waals surface area contributed by atoms with Gasteiger partial charge in [-0.15, -0.1) is 0 Å². The zero-order valence-corrected chi connectivity index (χ0v) is 15.4. The average Bonchev–Trinajstić information content (AvgIpc) is 3.31. The molecule has 1 amide bonds. The molecule has 4 heteroatoms. The van der Waals surface area contributed by atoms with Gasteiger partial charge in [0.2, 0.25) is 0 Å². The summed E-state index contributed by atoms with van der Waals surface area (Å²) in [6, 6.07) is 16.6. The lowest BCUT2D eigenvalue weighted by Gasteiger charge is -2.08. The van der Waals surface area contributed by atoms with E-state index in [4.69, 9.17) is 5.10 Å². The van der Waals surface area contributed by atoms with E-state index >= 15 is 0 Å². The summed E-state index contributed by atoms with van der Waals surface area (Å²) in [5, 5.41) is 7.85. The Bertz CT molecular complexity index is 983. The zero-order valence-electron chi connectivity index (χ0n) is 15.4. The summed E-state index contributed by atoms with van der Waals surface area (Å²) in [4.78, 5) is 12.8. The highest BCUT2D eigenvalue weighted by molar-refractivity contribution is 5.94. The lowest BCUT2D eigenvalue weighted by Crippen LogP contribution is -2.27. The Labute approximate surface area is 153 Å². The molecule has 4 rings (SSSR count). The van der Waals surface area contributed by atoms with Crippen LogP contribution in [-0.2, 0) is 0 Å².